The first-order chi connectivity index (χ1) is 16.0. The number of aliphatic imine (C=N–C) groups is 1. The monoisotopic (exact) mass is 507 g/mol. The van der Waals surface area contributed by atoms with Crippen LogP contribution >= 0.6 is 23.4 Å². The molecule has 3 unspecified atom stereocenters. The van der Waals surface area contributed by atoms with Crippen LogP contribution in [0.1, 0.15) is 6.92 Å². The number of nitrogens with one attached hydrogen (secondary N) is 3. The number of carbonyl (C=O) groups excluding carboxylic acids is 4. The first-order valence-electron chi connectivity index (χ1n) is 10.4. The summed E-state index contributed by atoms with van der Waals surface area (Å²) in [4.78, 5) is 61.5. The number of hydrogen-bond acceptors (Lipinski definition) is 8. The molecule has 13 heteroatoms. The highest BCUT2D eigenvalue weighted by atomic mass is 35.5. The lowest BCUT2D eigenvalue weighted by Crippen LogP contribution is -2.54. The third-order valence-corrected chi connectivity index (χ3v) is 6.71. The number of aromatic nitrogens is 1. The third-order valence-electron chi connectivity index (χ3n) is 5.20. The lowest BCUT2D eigenvalue weighted by molar-refractivity contribution is -0.137. The van der Waals surface area contributed by atoms with Gasteiger partial charge in [-0.05, 0) is 19.1 Å². The fraction of sp³-hybridized carbons (Fsp3) is 0.429. The Balaban J connectivity index is 1.57. The Kier molecular flexibility index (Phi) is 8.15. The number of amides is 4. The van der Waals surface area contributed by atoms with Crippen molar-refractivity contribution in [1.29, 1.82) is 0 Å². The maximum atomic E-state index is 12.8. The van der Waals surface area contributed by atoms with Crippen molar-refractivity contribution in [3.8, 4) is 0 Å². The van der Waals surface area contributed by atoms with E-state index in [1.807, 2.05) is 6.92 Å². The van der Waals surface area contributed by atoms with Gasteiger partial charge in [0, 0.05) is 45.6 Å². The van der Waals surface area contributed by atoms with Gasteiger partial charge in [-0.15, -0.1) is 0 Å². The van der Waals surface area contributed by atoms with E-state index >= 15 is 0 Å². The minimum atomic E-state index is -1.08. The molecule has 182 valence electrons. The summed E-state index contributed by atoms with van der Waals surface area (Å²) in [6.07, 6.45) is 1.32. The van der Waals surface area contributed by atoms with Crippen LogP contribution in [-0.2, 0) is 19.2 Å². The van der Waals surface area contributed by atoms with Crippen molar-refractivity contribution in [2.75, 3.05) is 39.0 Å². The maximum Gasteiger partial charge on any atom is 0.314 e. The summed E-state index contributed by atoms with van der Waals surface area (Å²) in [6, 6.07) is 1.85. The van der Waals surface area contributed by atoms with Gasteiger partial charge < -0.3 is 25.8 Å². The molecule has 0 spiro atoms. The van der Waals surface area contributed by atoms with Crippen molar-refractivity contribution < 1.29 is 19.2 Å². The van der Waals surface area contributed by atoms with Crippen molar-refractivity contribution in [2.45, 2.75) is 24.3 Å². The second-order valence-corrected chi connectivity index (χ2v) is 9.75. The van der Waals surface area contributed by atoms with Gasteiger partial charge in [-0.3, -0.25) is 24.2 Å². The molecule has 3 heterocycles. The maximum absolute atomic E-state index is 12.8. The predicted octanol–water partition coefficient (Wildman–Crippen LogP) is 0.0944. The van der Waals surface area contributed by atoms with Gasteiger partial charge in [-0.1, -0.05) is 29.9 Å². The van der Waals surface area contributed by atoms with Crippen molar-refractivity contribution >= 4 is 57.9 Å². The lowest BCUT2D eigenvalue weighted by Gasteiger charge is -2.22. The van der Waals surface area contributed by atoms with Gasteiger partial charge in [-0.25, -0.2) is 4.98 Å². The molecule has 0 aliphatic carbocycles. The molecule has 1 fully saturated rings. The van der Waals surface area contributed by atoms with Gasteiger partial charge >= 0.3 is 11.8 Å². The number of fused-ring (bicyclic) bond motifs is 1. The number of likely N-dealkylation sites (tertiary alicyclic amines) is 1. The Morgan fingerprint density at radius 1 is 1.26 bits per heavy atom. The molecule has 3 rings (SSSR count). The predicted molar refractivity (Wildman–Crippen MR) is 131 cm³/mol. The molecule has 3 N–H and O–H groups in total. The zero-order valence-corrected chi connectivity index (χ0v) is 20.6. The molecule has 0 bridgehead atoms. The van der Waals surface area contributed by atoms with Crippen LogP contribution in [0.3, 0.4) is 0 Å². The van der Waals surface area contributed by atoms with Crippen LogP contribution < -0.4 is 16.0 Å². The molecule has 34 heavy (non-hydrogen) atoms. The van der Waals surface area contributed by atoms with E-state index in [-0.39, 0.29) is 23.7 Å². The van der Waals surface area contributed by atoms with Crippen LogP contribution in [0.4, 0.5) is 5.82 Å². The van der Waals surface area contributed by atoms with Crippen LogP contribution in [0.5, 0.6) is 0 Å². The Morgan fingerprint density at radius 3 is 2.59 bits per heavy atom. The SMILES string of the molecule is C=C(C)N1CC2N=C(C(=O)NC(CNC(=O)C(=O)Nc3ccc(Cl)cn3)C(=O)N(C)C)SC2C1. The second kappa shape index (κ2) is 10.9. The van der Waals surface area contributed by atoms with Crippen molar-refractivity contribution in [3.05, 3.63) is 35.6 Å². The molecule has 1 saturated heterocycles. The van der Waals surface area contributed by atoms with Crippen LogP contribution in [0.2, 0.25) is 5.02 Å². The zero-order valence-electron chi connectivity index (χ0n) is 19.0. The molecule has 0 aromatic carbocycles. The van der Waals surface area contributed by atoms with Crippen LogP contribution in [0, 0.1) is 0 Å². The second-order valence-electron chi connectivity index (χ2n) is 8.08. The number of anilines is 1. The Labute approximate surface area is 206 Å². The Morgan fingerprint density at radius 2 is 2.00 bits per heavy atom. The van der Waals surface area contributed by atoms with E-state index in [2.05, 4.69) is 37.4 Å². The van der Waals surface area contributed by atoms with Gasteiger partial charge in [-0.2, -0.15) is 0 Å². The molecule has 2 aliphatic rings. The minimum absolute atomic E-state index is 0.0182. The van der Waals surface area contributed by atoms with Gasteiger partial charge in [0.05, 0.1) is 16.3 Å². The first kappa shape index (κ1) is 25.5. The van der Waals surface area contributed by atoms with E-state index in [9.17, 15) is 19.2 Å². The van der Waals surface area contributed by atoms with E-state index in [0.29, 0.717) is 16.6 Å². The summed E-state index contributed by atoms with van der Waals surface area (Å²) in [5.74, 6) is -2.74. The van der Waals surface area contributed by atoms with Crippen LogP contribution in [0.25, 0.3) is 0 Å². The van der Waals surface area contributed by atoms with Gasteiger partial charge in [0.1, 0.15) is 11.9 Å². The standard InChI is InChI=1S/C21H26ClN7O4S/c1-11(2)29-9-14-15(10-29)34-20(26-14)19(32)25-13(21(33)28(3)4)8-24-17(30)18(31)27-16-6-5-12(22)7-23-16/h5-7,13-15H,1,8-10H2,2-4H3,(H,24,30)(H,25,32)(H,23,27,31). The average Bonchev–Trinajstić information content (AvgIpc) is 3.37. The Bertz CT molecular complexity index is 1030. The van der Waals surface area contributed by atoms with Crippen molar-refractivity contribution in [2.24, 2.45) is 4.99 Å². The molecule has 0 radical (unpaired) electrons. The number of rotatable bonds is 7. The smallest absolute Gasteiger partial charge is 0.314 e. The third kappa shape index (κ3) is 6.26. The summed E-state index contributed by atoms with van der Waals surface area (Å²) >= 11 is 7.11. The molecular weight excluding hydrogens is 482 g/mol. The Hall–Kier alpha value is -3.12. The first-order valence-corrected chi connectivity index (χ1v) is 11.7. The molecule has 3 atom stereocenters. The van der Waals surface area contributed by atoms with E-state index in [4.69, 9.17) is 11.6 Å². The van der Waals surface area contributed by atoms with Gasteiger partial charge in [0.2, 0.25) is 5.91 Å². The number of hydrogen-bond donors (Lipinski definition) is 3. The molecule has 11 nitrogen and oxygen atoms in total. The highest BCUT2D eigenvalue weighted by molar-refractivity contribution is 8.16. The summed E-state index contributed by atoms with van der Waals surface area (Å²) in [5, 5.41) is 8.15. The normalized spacial score (nSPS) is 19.5. The molecule has 1 aromatic rings. The van der Waals surface area contributed by atoms with Gasteiger partial charge in [0.25, 0.3) is 5.91 Å². The average molecular weight is 508 g/mol. The molecule has 4 amide bonds. The van der Waals surface area contributed by atoms with Crippen LogP contribution in [0.15, 0.2) is 35.6 Å². The number of carbonyl (C=O) groups is 4. The number of likely N-dealkylation sites (N-methyl/N-ethyl adjacent to an activating group) is 1. The fourth-order valence-corrected chi connectivity index (χ4v) is 4.69. The number of halogens is 1. The minimum Gasteiger partial charge on any atom is -0.372 e. The summed E-state index contributed by atoms with van der Waals surface area (Å²) < 4.78 is 0. The topological polar surface area (TPSA) is 136 Å². The van der Waals surface area contributed by atoms with Crippen LogP contribution in [-0.4, -0.2) is 94.5 Å². The van der Waals surface area contributed by atoms with Gasteiger partial charge in [0.15, 0.2) is 5.04 Å². The summed E-state index contributed by atoms with van der Waals surface area (Å²) in [5.41, 5.74) is 0.958. The molecule has 1 aromatic heterocycles. The van der Waals surface area contributed by atoms with Crippen molar-refractivity contribution in [3.63, 3.8) is 0 Å². The highest BCUT2D eigenvalue weighted by Gasteiger charge is 2.41. The number of thioether (sulfide) groups is 1. The lowest BCUT2D eigenvalue weighted by atomic mass is 10.2. The molecule has 0 saturated carbocycles. The number of nitrogens with zero attached hydrogens (tertiary/aromatic N) is 4. The van der Waals surface area contributed by atoms with Crippen molar-refractivity contribution in [1.82, 2.24) is 25.4 Å². The van der Waals surface area contributed by atoms with E-state index in [1.165, 1.54) is 49.1 Å². The summed E-state index contributed by atoms with van der Waals surface area (Å²) in [7, 11) is 3.06. The van der Waals surface area contributed by atoms with E-state index < -0.39 is 29.7 Å². The number of pyridine rings is 1. The largest absolute Gasteiger partial charge is 0.372 e. The number of allylic oxidation sites excluding steroid dienone is 1. The fourth-order valence-electron chi connectivity index (χ4n) is 3.37. The highest BCUT2D eigenvalue weighted by Crippen LogP contribution is 2.34. The molecular formula is C21H26ClN7O4S. The zero-order chi connectivity index (χ0) is 25.0. The van der Waals surface area contributed by atoms with E-state index in [0.717, 1.165) is 12.2 Å². The quantitative estimate of drug-likeness (QED) is 0.445. The summed E-state index contributed by atoms with van der Waals surface area (Å²) in [6.45, 7) is 7.03. The van der Waals surface area contributed by atoms with E-state index in [1.54, 1.807) is 0 Å². The molecule has 2 aliphatic heterocycles.